The topological polar surface area (TPSA) is 68.1 Å². The second-order valence-electron chi connectivity index (χ2n) is 6.29. The molecule has 24 heavy (non-hydrogen) atoms. The van der Waals surface area contributed by atoms with Crippen molar-refractivity contribution in [3.63, 3.8) is 0 Å². The molecule has 2 atom stereocenters. The average molecular weight is 353 g/mol. The van der Waals surface area contributed by atoms with Crippen LogP contribution in [0.25, 0.3) is 11.0 Å². The maximum Gasteiger partial charge on any atom is 0.328 e. The molecule has 6 nitrogen and oxygen atoms in total. The fraction of sp³-hybridized carbons (Fsp3) is 0.529. The van der Waals surface area contributed by atoms with Gasteiger partial charge in [0.1, 0.15) is 0 Å². The van der Waals surface area contributed by atoms with Gasteiger partial charge in [0, 0.05) is 32.1 Å². The second kappa shape index (κ2) is 7.85. The van der Waals surface area contributed by atoms with E-state index < -0.39 is 0 Å². The van der Waals surface area contributed by atoms with Crippen LogP contribution in [-0.2, 0) is 18.4 Å². The molecule has 2 heterocycles. The van der Waals surface area contributed by atoms with Crippen molar-refractivity contribution in [3.8, 4) is 0 Å². The second-order valence-corrected chi connectivity index (χ2v) is 6.29. The quantitative estimate of drug-likeness (QED) is 0.874. The van der Waals surface area contributed by atoms with Crippen LogP contribution in [0.5, 0.6) is 0 Å². The zero-order valence-corrected chi connectivity index (χ0v) is 14.9. The van der Waals surface area contributed by atoms with Crippen LogP contribution in [0.4, 0.5) is 0 Å². The fourth-order valence-electron chi connectivity index (χ4n) is 3.31. The molecular weight excluding hydrogens is 328 g/mol. The molecule has 132 valence electrons. The number of benzene rings is 1. The molecule has 2 N–H and O–H groups in total. The van der Waals surface area contributed by atoms with Crippen LogP contribution < -0.4 is 16.3 Å². The van der Waals surface area contributed by atoms with Crippen molar-refractivity contribution >= 4 is 29.3 Å². The zero-order chi connectivity index (χ0) is 16.4. The first kappa shape index (κ1) is 18.5. The Morgan fingerprint density at radius 1 is 1.33 bits per heavy atom. The van der Waals surface area contributed by atoms with Gasteiger partial charge in [-0.3, -0.25) is 13.9 Å². The van der Waals surface area contributed by atoms with Crippen LogP contribution in [0.2, 0.25) is 0 Å². The maximum atomic E-state index is 12.3. The van der Waals surface area contributed by atoms with Gasteiger partial charge in [0.2, 0.25) is 5.91 Å². The van der Waals surface area contributed by atoms with Crippen LogP contribution in [0.15, 0.2) is 29.1 Å². The number of hydrogen-bond donors (Lipinski definition) is 2. The number of imidazole rings is 1. The van der Waals surface area contributed by atoms with Crippen LogP contribution in [0.3, 0.4) is 0 Å². The summed E-state index contributed by atoms with van der Waals surface area (Å²) < 4.78 is 3.30. The lowest BCUT2D eigenvalue weighted by molar-refractivity contribution is -0.122. The van der Waals surface area contributed by atoms with Crippen LogP contribution in [0, 0.1) is 0 Å². The number of rotatable bonds is 4. The molecule has 0 spiro atoms. The molecular formula is C17H25ClN4O2. The smallest absolute Gasteiger partial charge is 0.328 e. The maximum absolute atomic E-state index is 12.3. The molecule has 0 radical (unpaired) electrons. The largest absolute Gasteiger partial charge is 0.352 e. The van der Waals surface area contributed by atoms with E-state index in [9.17, 15) is 9.59 Å². The number of aryl methyl sites for hydroxylation is 2. The van der Waals surface area contributed by atoms with Crippen LogP contribution in [0.1, 0.15) is 26.2 Å². The molecule has 1 aromatic carbocycles. The Bertz CT molecular complexity index is 768. The monoisotopic (exact) mass is 352 g/mol. The lowest BCUT2D eigenvalue weighted by Crippen LogP contribution is -2.52. The zero-order valence-electron chi connectivity index (χ0n) is 14.1. The number of nitrogens with zero attached hydrogens (tertiary/aromatic N) is 2. The lowest BCUT2D eigenvalue weighted by Gasteiger charge is -2.30. The van der Waals surface area contributed by atoms with Crippen molar-refractivity contribution in [1.29, 1.82) is 0 Å². The first-order chi connectivity index (χ1) is 11.1. The molecule has 1 fully saturated rings. The summed E-state index contributed by atoms with van der Waals surface area (Å²) in [4.78, 5) is 24.6. The summed E-state index contributed by atoms with van der Waals surface area (Å²) in [5, 5.41) is 6.46. The standard InChI is InChI=1S/C17H24N4O2.ClH/c1-12-13(6-5-10-18-12)19-16(22)9-11-21-15-8-4-3-7-14(15)20(2)17(21)23;/h3-4,7-8,12-13,18H,5-6,9-11H2,1-2H3,(H,19,22);1H. The van der Waals surface area contributed by atoms with Gasteiger partial charge in [-0.25, -0.2) is 4.79 Å². The number of piperidine rings is 1. The van der Waals surface area contributed by atoms with Gasteiger partial charge in [-0.1, -0.05) is 12.1 Å². The summed E-state index contributed by atoms with van der Waals surface area (Å²) in [5.41, 5.74) is 1.69. The van der Waals surface area contributed by atoms with Gasteiger partial charge in [0.05, 0.1) is 11.0 Å². The Morgan fingerprint density at radius 2 is 2.04 bits per heavy atom. The average Bonchev–Trinajstić information content (AvgIpc) is 2.80. The summed E-state index contributed by atoms with van der Waals surface area (Å²) in [6.45, 7) is 3.51. The van der Waals surface area contributed by atoms with Crippen molar-refractivity contribution in [3.05, 3.63) is 34.7 Å². The van der Waals surface area contributed by atoms with Crippen molar-refractivity contribution in [2.45, 2.75) is 44.8 Å². The number of hydrogen-bond acceptors (Lipinski definition) is 3. The molecule has 1 saturated heterocycles. The minimum atomic E-state index is -0.0771. The van der Waals surface area contributed by atoms with Gasteiger partial charge >= 0.3 is 5.69 Å². The van der Waals surface area contributed by atoms with Gasteiger partial charge in [0.25, 0.3) is 0 Å². The van der Waals surface area contributed by atoms with Crippen LogP contribution in [-0.4, -0.2) is 33.7 Å². The van der Waals surface area contributed by atoms with Gasteiger partial charge in [-0.15, -0.1) is 12.4 Å². The highest BCUT2D eigenvalue weighted by molar-refractivity contribution is 5.85. The summed E-state index contributed by atoms with van der Waals surface area (Å²) >= 11 is 0. The van der Waals surface area contributed by atoms with Crippen molar-refractivity contribution in [2.75, 3.05) is 6.54 Å². The molecule has 0 bridgehead atoms. The number of carbonyl (C=O) groups excluding carboxylic acids is 1. The van der Waals surface area contributed by atoms with E-state index in [1.807, 2.05) is 24.3 Å². The summed E-state index contributed by atoms with van der Waals surface area (Å²) in [6.07, 6.45) is 2.41. The molecule has 0 aliphatic carbocycles. The molecule has 1 amide bonds. The molecule has 3 rings (SSSR count). The molecule has 1 aliphatic heterocycles. The predicted molar refractivity (Wildman–Crippen MR) is 97.7 cm³/mol. The van der Waals surface area contributed by atoms with E-state index in [2.05, 4.69) is 17.6 Å². The van der Waals surface area contributed by atoms with E-state index in [1.54, 1.807) is 16.2 Å². The van der Waals surface area contributed by atoms with Gasteiger partial charge in [0.15, 0.2) is 0 Å². The summed E-state index contributed by atoms with van der Waals surface area (Å²) in [6, 6.07) is 8.14. The highest BCUT2D eigenvalue weighted by Gasteiger charge is 2.22. The number of aromatic nitrogens is 2. The van der Waals surface area contributed by atoms with E-state index in [0.29, 0.717) is 19.0 Å². The Morgan fingerprint density at radius 3 is 2.75 bits per heavy atom. The highest BCUT2D eigenvalue weighted by Crippen LogP contribution is 2.12. The van der Waals surface area contributed by atoms with E-state index in [4.69, 9.17) is 0 Å². The van der Waals surface area contributed by atoms with Gasteiger partial charge in [-0.2, -0.15) is 0 Å². The Kier molecular flexibility index (Phi) is 6.07. The minimum Gasteiger partial charge on any atom is -0.352 e. The van der Waals surface area contributed by atoms with Crippen LogP contribution >= 0.6 is 12.4 Å². The Hall–Kier alpha value is -1.79. The Balaban J connectivity index is 0.00000208. The number of para-hydroxylation sites is 2. The van der Waals surface area contributed by atoms with E-state index in [1.165, 1.54) is 0 Å². The van der Waals surface area contributed by atoms with Crippen molar-refractivity contribution in [1.82, 2.24) is 19.8 Å². The molecule has 2 aromatic rings. The SMILES string of the molecule is CC1NCCCC1NC(=O)CCn1c(=O)n(C)c2ccccc21.Cl. The van der Waals surface area contributed by atoms with E-state index in [-0.39, 0.29) is 30.0 Å². The first-order valence-corrected chi connectivity index (χ1v) is 8.25. The normalized spacial score (nSPS) is 20.6. The van der Waals surface area contributed by atoms with Gasteiger partial charge < -0.3 is 10.6 Å². The van der Waals surface area contributed by atoms with E-state index in [0.717, 1.165) is 30.4 Å². The highest BCUT2D eigenvalue weighted by atomic mass is 35.5. The molecule has 2 unspecified atom stereocenters. The third-order valence-corrected chi connectivity index (χ3v) is 4.72. The number of fused-ring (bicyclic) bond motifs is 1. The summed E-state index contributed by atoms with van der Waals surface area (Å²) in [5.74, 6) is 0.00499. The molecule has 1 aromatic heterocycles. The molecule has 7 heteroatoms. The molecule has 0 saturated carbocycles. The fourth-order valence-corrected chi connectivity index (χ4v) is 3.31. The predicted octanol–water partition coefficient (Wildman–Crippen LogP) is 1.41. The number of amides is 1. The number of nitrogens with one attached hydrogen (secondary N) is 2. The lowest BCUT2D eigenvalue weighted by atomic mass is 10.00. The minimum absolute atomic E-state index is 0. The third kappa shape index (κ3) is 3.65. The van der Waals surface area contributed by atoms with Gasteiger partial charge in [-0.05, 0) is 38.4 Å². The third-order valence-electron chi connectivity index (χ3n) is 4.72. The summed E-state index contributed by atoms with van der Waals surface area (Å²) in [7, 11) is 1.76. The van der Waals surface area contributed by atoms with Crippen molar-refractivity contribution < 1.29 is 4.79 Å². The number of halogens is 1. The van der Waals surface area contributed by atoms with E-state index >= 15 is 0 Å². The first-order valence-electron chi connectivity index (χ1n) is 8.25. The molecule has 1 aliphatic rings. The van der Waals surface area contributed by atoms with Crippen molar-refractivity contribution in [2.24, 2.45) is 7.05 Å². The Labute approximate surface area is 147 Å². The number of carbonyl (C=O) groups is 1.